The van der Waals surface area contributed by atoms with E-state index in [1.165, 1.54) is 18.6 Å². The van der Waals surface area contributed by atoms with Gasteiger partial charge in [-0.15, -0.1) is 0 Å². The average Bonchev–Trinajstić information content (AvgIpc) is 2.97. The Labute approximate surface area is 128 Å². The summed E-state index contributed by atoms with van der Waals surface area (Å²) in [6.07, 6.45) is 5.28. The number of unbranched alkanes of at least 4 members (excludes halogenated alkanes) is 1. The van der Waals surface area contributed by atoms with Crippen LogP contribution in [0.3, 0.4) is 0 Å². The van der Waals surface area contributed by atoms with Crippen LogP contribution in [0.15, 0.2) is 24.3 Å². The van der Waals surface area contributed by atoms with Gasteiger partial charge in [0.15, 0.2) is 0 Å². The van der Waals surface area contributed by atoms with E-state index >= 15 is 0 Å². The van der Waals surface area contributed by atoms with Crippen LogP contribution in [0.4, 0.5) is 5.69 Å². The molecule has 0 radical (unpaired) electrons. The molecular formula is C15H21NO2S2. The van der Waals surface area contributed by atoms with Crippen LogP contribution in [-0.2, 0) is 4.79 Å². The first kappa shape index (κ1) is 15.6. The Hall–Kier alpha value is -0.810. The Morgan fingerprint density at radius 3 is 3.10 bits per heavy atom. The molecule has 20 heavy (non-hydrogen) atoms. The summed E-state index contributed by atoms with van der Waals surface area (Å²) in [7, 11) is 5.61. The molecule has 0 saturated carbocycles. The number of methoxy groups -OCH3 is 1. The van der Waals surface area contributed by atoms with Gasteiger partial charge in [0.2, 0.25) is 5.91 Å². The topological polar surface area (TPSA) is 38.3 Å². The molecule has 1 amide bonds. The summed E-state index contributed by atoms with van der Waals surface area (Å²) in [5.74, 6) is 2.14. The van der Waals surface area contributed by atoms with E-state index in [9.17, 15) is 4.79 Å². The van der Waals surface area contributed by atoms with Gasteiger partial charge in [-0.2, -0.15) is 0 Å². The van der Waals surface area contributed by atoms with E-state index in [-0.39, 0.29) is 5.91 Å². The predicted molar refractivity (Wildman–Crippen MR) is 88.5 cm³/mol. The second kappa shape index (κ2) is 8.47. The molecule has 0 aliphatic carbocycles. The van der Waals surface area contributed by atoms with E-state index in [2.05, 4.69) is 5.32 Å². The van der Waals surface area contributed by atoms with Crippen molar-refractivity contribution < 1.29 is 9.53 Å². The van der Waals surface area contributed by atoms with Crippen LogP contribution in [0, 0.1) is 0 Å². The van der Waals surface area contributed by atoms with Gasteiger partial charge in [0.25, 0.3) is 0 Å². The van der Waals surface area contributed by atoms with Crippen molar-refractivity contribution in [3.63, 3.8) is 0 Å². The molecule has 3 nitrogen and oxygen atoms in total. The Kier molecular flexibility index (Phi) is 6.60. The van der Waals surface area contributed by atoms with Crippen LogP contribution in [-0.4, -0.2) is 24.0 Å². The molecule has 0 aromatic heterocycles. The van der Waals surface area contributed by atoms with Crippen molar-refractivity contribution in [3.05, 3.63) is 24.3 Å². The third-order valence-electron chi connectivity index (χ3n) is 3.26. The van der Waals surface area contributed by atoms with Crippen molar-refractivity contribution in [1.29, 1.82) is 0 Å². The van der Waals surface area contributed by atoms with Crippen molar-refractivity contribution in [3.8, 4) is 5.75 Å². The molecule has 5 heteroatoms. The number of anilines is 1. The minimum absolute atomic E-state index is 0.0895. The van der Waals surface area contributed by atoms with E-state index in [1.54, 1.807) is 7.11 Å². The normalized spacial score (nSPS) is 17.9. The lowest BCUT2D eigenvalue weighted by Gasteiger charge is -2.08. The number of hydrogen-bond donors (Lipinski definition) is 1. The highest BCUT2D eigenvalue weighted by Crippen LogP contribution is 2.39. The second-order valence-corrected chi connectivity index (χ2v) is 7.64. The Balaban J connectivity index is 1.64. The lowest BCUT2D eigenvalue weighted by Crippen LogP contribution is -2.11. The standard InChI is InChI=1S/C15H21NO2S2/c1-18-13-6-4-5-12(11-13)16-15(17)8-3-2-7-14-9-10-19-20-14/h4-6,11,14H,2-3,7-10H2,1H3,(H,16,17). The van der Waals surface area contributed by atoms with E-state index in [1.807, 2.05) is 45.9 Å². The minimum Gasteiger partial charge on any atom is -0.497 e. The highest BCUT2D eigenvalue weighted by atomic mass is 33.1. The summed E-state index contributed by atoms with van der Waals surface area (Å²) in [5.41, 5.74) is 0.803. The van der Waals surface area contributed by atoms with Gasteiger partial charge in [-0.3, -0.25) is 4.79 Å². The molecule has 1 aliphatic heterocycles. The van der Waals surface area contributed by atoms with Crippen molar-refractivity contribution >= 4 is 33.2 Å². The zero-order valence-electron chi connectivity index (χ0n) is 11.8. The zero-order chi connectivity index (χ0) is 14.2. The third-order valence-corrected chi connectivity index (χ3v) is 6.27. The van der Waals surface area contributed by atoms with E-state index in [0.717, 1.165) is 29.5 Å². The molecule has 1 atom stereocenters. The lowest BCUT2D eigenvalue weighted by atomic mass is 10.1. The van der Waals surface area contributed by atoms with E-state index in [0.29, 0.717) is 6.42 Å². The SMILES string of the molecule is COc1cccc(NC(=O)CCCCC2CCSS2)c1. The third kappa shape index (κ3) is 5.29. The molecule has 0 spiro atoms. The van der Waals surface area contributed by atoms with Crippen LogP contribution in [0.2, 0.25) is 0 Å². The minimum atomic E-state index is 0.0895. The van der Waals surface area contributed by atoms with Crippen LogP contribution in [0.5, 0.6) is 5.75 Å². The van der Waals surface area contributed by atoms with Crippen LogP contribution in [0.25, 0.3) is 0 Å². The van der Waals surface area contributed by atoms with Gasteiger partial charge in [-0.25, -0.2) is 0 Å². The quantitative estimate of drug-likeness (QED) is 0.600. The number of carbonyl (C=O) groups is 1. The maximum atomic E-state index is 11.8. The molecule has 1 aromatic rings. The Morgan fingerprint density at radius 2 is 2.35 bits per heavy atom. The molecule has 1 aromatic carbocycles. The molecule has 2 rings (SSSR count). The predicted octanol–water partition coefficient (Wildman–Crippen LogP) is 4.35. The molecule has 1 aliphatic rings. The van der Waals surface area contributed by atoms with Crippen LogP contribution >= 0.6 is 21.6 Å². The summed E-state index contributed by atoms with van der Waals surface area (Å²) in [5, 5.41) is 3.72. The van der Waals surface area contributed by atoms with Gasteiger partial charge >= 0.3 is 0 Å². The van der Waals surface area contributed by atoms with Gasteiger partial charge in [0, 0.05) is 29.2 Å². The number of rotatable bonds is 7. The van der Waals surface area contributed by atoms with Gasteiger partial charge in [-0.1, -0.05) is 34.1 Å². The van der Waals surface area contributed by atoms with Gasteiger partial charge < -0.3 is 10.1 Å². The first-order chi connectivity index (χ1) is 9.78. The molecule has 0 bridgehead atoms. The summed E-state index contributed by atoms with van der Waals surface area (Å²) in [6.45, 7) is 0. The number of benzene rings is 1. The molecule has 1 saturated heterocycles. The second-order valence-electron chi connectivity index (χ2n) is 4.85. The van der Waals surface area contributed by atoms with Crippen molar-refractivity contribution in [2.45, 2.75) is 37.4 Å². The summed E-state index contributed by atoms with van der Waals surface area (Å²) >= 11 is 0. The first-order valence-corrected chi connectivity index (χ1v) is 9.38. The number of nitrogens with one attached hydrogen (secondary N) is 1. The summed E-state index contributed by atoms with van der Waals surface area (Å²) < 4.78 is 5.14. The highest BCUT2D eigenvalue weighted by molar-refractivity contribution is 8.77. The van der Waals surface area contributed by atoms with Crippen molar-refractivity contribution in [2.24, 2.45) is 0 Å². The van der Waals surface area contributed by atoms with Gasteiger partial charge in [0.05, 0.1) is 7.11 Å². The zero-order valence-corrected chi connectivity index (χ0v) is 13.4. The summed E-state index contributed by atoms with van der Waals surface area (Å²) in [4.78, 5) is 11.8. The molecule has 1 unspecified atom stereocenters. The van der Waals surface area contributed by atoms with Gasteiger partial charge in [0.1, 0.15) is 5.75 Å². The molecule has 1 N–H and O–H groups in total. The molecule has 1 heterocycles. The smallest absolute Gasteiger partial charge is 0.224 e. The van der Waals surface area contributed by atoms with Crippen LogP contribution < -0.4 is 10.1 Å². The fourth-order valence-electron chi connectivity index (χ4n) is 2.15. The van der Waals surface area contributed by atoms with Crippen molar-refractivity contribution in [1.82, 2.24) is 0 Å². The molecular weight excluding hydrogens is 290 g/mol. The summed E-state index contributed by atoms with van der Waals surface area (Å²) in [6, 6.07) is 7.47. The molecule has 1 fully saturated rings. The van der Waals surface area contributed by atoms with E-state index < -0.39 is 0 Å². The number of ether oxygens (including phenoxy) is 1. The fourth-order valence-corrected chi connectivity index (χ4v) is 5.17. The lowest BCUT2D eigenvalue weighted by molar-refractivity contribution is -0.116. The number of carbonyl (C=O) groups excluding carboxylic acids is 1. The maximum Gasteiger partial charge on any atom is 0.224 e. The Morgan fingerprint density at radius 1 is 1.45 bits per heavy atom. The van der Waals surface area contributed by atoms with Crippen LogP contribution in [0.1, 0.15) is 32.1 Å². The maximum absolute atomic E-state index is 11.8. The molecule has 110 valence electrons. The fraction of sp³-hybridized carbons (Fsp3) is 0.533. The number of hydrogen-bond acceptors (Lipinski definition) is 4. The monoisotopic (exact) mass is 311 g/mol. The Bertz CT molecular complexity index is 434. The first-order valence-electron chi connectivity index (χ1n) is 7.00. The van der Waals surface area contributed by atoms with E-state index in [4.69, 9.17) is 4.74 Å². The van der Waals surface area contributed by atoms with Gasteiger partial charge in [-0.05, 0) is 31.4 Å². The average molecular weight is 311 g/mol. The number of amides is 1. The van der Waals surface area contributed by atoms with Crippen molar-refractivity contribution in [2.75, 3.05) is 18.2 Å². The largest absolute Gasteiger partial charge is 0.497 e. The highest BCUT2D eigenvalue weighted by Gasteiger charge is 2.15.